The quantitative estimate of drug-likeness (QED) is 0.871. The first-order valence-corrected chi connectivity index (χ1v) is 6.08. The van der Waals surface area contributed by atoms with Gasteiger partial charge < -0.3 is 10.1 Å². The van der Waals surface area contributed by atoms with E-state index >= 15 is 0 Å². The van der Waals surface area contributed by atoms with Crippen molar-refractivity contribution in [2.24, 2.45) is 5.92 Å². The minimum absolute atomic E-state index is 0.126. The van der Waals surface area contributed by atoms with Gasteiger partial charge in [-0.2, -0.15) is 0 Å². The smallest absolute Gasteiger partial charge is 0.227 e. The zero-order valence-electron chi connectivity index (χ0n) is 10.7. The fraction of sp³-hybridized carbons (Fsp3) is 0.500. The van der Waals surface area contributed by atoms with E-state index in [-0.39, 0.29) is 11.8 Å². The Morgan fingerprint density at radius 2 is 2.06 bits per heavy atom. The Morgan fingerprint density at radius 1 is 1.35 bits per heavy atom. The second-order valence-corrected chi connectivity index (χ2v) is 4.78. The first-order chi connectivity index (χ1) is 8.11. The lowest BCUT2D eigenvalue weighted by molar-refractivity contribution is -0.122. The predicted octanol–water partition coefficient (Wildman–Crippen LogP) is 3.05. The number of aryl methyl sites for hydroxylation is 2. The van der Waals surface area contributed by atoms with E-state index in [1.807, 2.05) is 19.9 Å². The van der Waals surface area contributed by atoms with Gasteiger partial charge in [0.15, 0.2) is 0 Å². The highest BCUT2D eigenvalue weighted by Crippen LogP contribution is 2.32. The van der Waals surface area contributed by atoms with Crippen LogP contribution in [0.25, 0.3) is 0 Å². The van der Waals surface area contributed by atoms with Crippen molar-refractivity contribution < 1.29 is 9.53 Å². The standard InChI is InChI=1S/C14H19NO2/c1-9-7-10(2)13(12(8-9)17-3)15-14(16)11-5-4-6-11/h7-8,11H,4-6H2,1-3H3,(H,15,16). The number of ether oxygens (including phenoxy) is 1. The normalized spacial score (nSPS) is 15.2. The lowest BCUT2D eigenvalue weighted by Crippen LogP contribution is -2.28. The molecule has 0 saturated heterocycles. The second kappa shape index (κ2) is 4.78. The van der Waals surface area contributed by atoms with Crippen LogP contribution in [0, 0.1) is 19.8 Å². The Balaban J connectivity index is 2.21. The number of carbonyl (C=O) groups is 1. The van der Waals surface area contributed by atoms with Crippen LogP contribution < -0.4 is 10.1 Å². The van der Waals surface area contributed by atoms with Crippen LogP contribution in [0.1, 0.15) is 30.4 Å². The summed E-state index contributed by atoms with van der Waals surface area (Å²) in [4.78, 5) is 11.9. The van der Waals surface area contributed by atoms with E-state index in [1.165, 1.54) is 6.42 Å². The van der Waals surface area contributed by atoms with E-state index in [2.05, 4.69) is 11.4 Å². The van der Waals surface area contributed by atoms with Crippen LogP contribution in [0.2, 0.25) is 0 Å². The molecule has 1 N–H and O–H groups in total. The Hall–Kier alpha value is -1.51. The summed E-state index contributed by atoms with van der Waals surface area (Å²) >= 11 is 0. The molecule has 0 aromatic heterocycles. The third kappa shape index (κ3) is 2.43. The van der Waals surface area contributed by atoms with Crippen molar-refractivity contribution >= 4 is 11.6 Å². The van der Waals surface area contributed by atoms with Gasteiger partial charge in [-0.15, -0.1) is 0 Å². The van der Waals surface area contributed by atoms with Crippen LogP contribution in [-0.2, 0) is 4.79 Å². The third-order valence-electron chi connectivity index (χ3n) is 3.39. The number of hydrogen-bond donors (Lipinski definition) is 1. The highest BCUT2D eigenvalue weighted by Gasteiger charge is 2.26. The van der Waals surface area contributed by atoms with Gasteiger partial charge in [-0.1, -0.05) is 12.5 Å². The number of anilines is 1. The van der Waals surface area contributed by atoms with E-state index in [0.717, 1.165) is 35.4 Å². The number of rotatable bonds is 3. The predicted molar refractivity (Wildman–Crippen MR) is 68.4 cm³/mol. The summed E-state index contributed by atoms with van der Waals surface area (Å²) in [6.07, 6.45) is 3.19. The third-order valence-corrected chi connectivity index (χ3v) is 3.39. The molecule has 0 aliphatic heterocycles. The topological polar surface area (TPSA) is 38.3 Å². The Kier molecular flexibility index (Phi) is 3.36. The van der Waals surface area contributed by atoms with Crippen LogP contribution >= 0.6 is 0 Å². The van der Waals surface area contributed by atoms with E-state index in [4.69, 9.17) is 4.74 Å². The summed E-state index contributed by atoms with van der Waals surface area (Å²) in [6, 6.07) is 4.00. The van der Waals surface area contributed by atoms with E-state index in [1.54, 1.807) is 7.11 Å². The maximum Gasteiger partial charge on any atom is 0.227 e. The van der Waals surface area contributed by atoms with Crippen LogP contribution in [-0.4, -0.2) is 13.0 Å². The molecule has 0 spiro atoms. The number of hydrogen-bond acceptors (Lipinski definition) is 2. The monoisotopic (exact) mass is 233 g/mol. The molecule has 3 heteroatoms. The van der Waals surface area contributed by atoms with Gasteiger partial charge in [-0.25, -0.2) is 0 Å². The first kappa shape index (κ1) is 12.0. The van der Waals surface area contributed by atoms with Crippen molar-refractivity contribution in [2.75, 3.05) is 12.4 Å². The fourth-order valence-electron chi connectivity index (χ4n) is 2.15. The van der Waals surface area contributed by atoms with Crippen molar-refractivity contribution in [2.45, 2.75) is 33.1 Å². The lowest BCUT2D eigenvalue weighted by atomic mass is 9.84. The number of methoxy groups -OCH3 is 1. The molecule has 2 rings (SSSR count). The van der Waals surface area contributed by atoms with Gasteiger partial charge in [0.05, 0.1) is 12.8 Å². The fourth-order valence-corrected chi connectivity index (χ4v) is 2.15. The second-order valence-electron chi connectivity index (χ2n) is 4.78. The van der Waals surface area contributed by atoms with Crippen LogP contribution in [0.3, 0.4) is 0 Å². The van der Waals surface area contributed by atoms with E-state index in [9.17, 15) is 4.79 Å². The highest BCUT2D eigenvalue weighted by atomic mass is 16.5. The molecule has 1 aromatic carbocycles. The molecular weight excluding hydrogens is 214 g/mol. The molecule has 1 fully saturated rings. The molecule has 1 aliphatic carbocycles. The van der Waals surface area contributed by atoms with Gasteiger partial charge in [0.1, 0.15) is 5.75 Å². The van der Waals surface area contributed by atoms with Crippen molar-refractivity contribution in [3.05, 3.63) is 23.3 Å². The van der Waals surface area contributed by atoms with Gasteiger partial charge in [0.25, 0.3) is 0 Å². The molecule has 1 saturated carbocycles. The number of nitrogens with one attached hydrogen (secondary N) is 1. The minimum atomic E-state index is 0.126. The zero-order chi connectivity index (χ0) is 12.4. The lowest BCUT2D eigenvalue weighted by Gasteiger charge is -2.25. The van der Waals surface area contributed by atoms with Crippen LogP contribution in [0.5, 0.6) is 5.75 Å². The number of carbonyl (C=O) groups excluding carboxylic acids is 1. The summed E-state index contributed by atoms with van der Waals surface area (Å²) in [5, 5.41) is 2.99. The largest absolute Gasteiger partial charge is 0.495 e. The van der Waals surface area contributed by atoms with Crippen molar-refractivity contribution in [3.8, 4) is 5.75 Å². The Morgan fingerprint density at radius 3 is 2.59 bits per heavy atom. The molecule has 1 aromatic rings. The summed E-state index contributed by atoms with van der Waals surface area (Å²) in [6.45, 7) is 4.01. The summed E-state index contributed by atoms with van der Waals surface area (Å²) in [5.41, 5.74) is 3.01. The van der Waals surface area contributed by atoms with Crippen molar-refractivity contribution in [1.29, 1.82) is 0 Å². The summed E-state index contributed by atoms with van der Waals surface area (Å²) in [7, 11) is 1.63. The molecule has 92 valence electrons. The maximum absolute atomic E-state index is 11.9. The van der Waals surface area contributed by atoms with Gasteiger partial charge in [-0.3, -0.25) is 4.79 Å². The van der Waals surface area contributed by atoms with E-state index < -0.39 is 0 Å². The van der Waals surface area contributed by atoms with Gasteiger partial charge in [0.2, 0.25) is 5.91 Å². The molecule has 17 heavy (non-hydrogen) atoms. The minimum Gasteiger partial charge on any atom is -0.495 e. The molecule has 0 heterocycles. The number of benzene rings is 1. The molecule has 0 atom stereocenters. The molecule has 0 radical (unpaired) electrons. The SMILES string of the molecule is COc1cc(C)cc(C)c1NC(=O)C1CCC1. The van der Waals surface area contributed by atoms with E-state index in [0.29, 0.717) is 0 Å². The molecule has 3 nitrogen and oxygen atoms in total. The van der Waals surface area contributed by atoms with Crippen molar-refractivity contribution in [3.63, 3.8) is 0 Å². The molecular formula is C14H19NO2. The molecule has 0 bridgehead atoms. The van der Waals surface area contributed by atoms with Crippen LogP contribution in [0.15, 0.2) is 12.1 Å². The number of amides is 1. The average molecular weight is 233 g/mol. The van der Waals surface area contributed by atoms with Crippen molar-refractivity contribution in [1.82, 2.24) is 0 Å². The molecule has 0 unspecified atom stereocenters. The Bertz CT molecular complexity index is 436. The van der Waals surface area contributed by atoms with Crippen LogP contribution in [0.4, 0.5) is 5.69 Å². The molecule has 1 amide bonds. The zero-order valence-corrected chi connectivity index (χ0v) is 10.7. The summed E-state index contributed by atoms with van der Waals surface area (Å²) < 4.78 is 5.32. The Labute approximate surface area is 102 Å². The maximum atomic E-state index is 11.9. The average Bonchev–Trinajstić information content (AvgIpc) is 2.19. The highest BCUT2D eigenvalue weighted by molar-refractivity contribution is 5.95. The first-order valence-electron chi connectivity index (χ1n) is 6.08. The van der Waals surface area contributed by atoms with Gasteiger partial charge >= 0.3 is 0 Å². The molecule has 1 aliphatic rings. The summed E-state index contributed by atoms with van der Waals surface area (Å²) in [5.74, 6) is 1.07. The van der Waals surface area contributed by atoms with Gasteiger partial charge in [-0.05, 0) is 43.9 Å². The van der Waals surface area contributed by atoms with Gasteiger partial charge in [0, 0.05) is 5.92 Å².